The Balaban J connectivity index is 1.87. The number of para-hydroxylation sites is 2. The number of ether oxygens (including phenoxy) is 1. The van der Waals surface area contributed by atoms with E-state index in [1.54, 1.807) is 48.2 Å². The van der Waals surface area contributed by atoms with Gasteiger partial charge in [-0.25, -0.2) is 0 Å². The van der Waals surface area contributed by atoms with Crippen molar-refractivity contribution in [1.29, 1.82) is 0 Å². The maximum Gasteiger partial charge on any atom is 0.244 e. The molecular weight excluding hydrogens is 328 g/mol. The first kappa shape index (κ1) is 16.1. The molecule has 0 aliphatic carbocycles. The number of amides is 1. The number of nitrogens with one attached hydrogen (secondary N) is 1. The van der Waals surface area contributed by atoms with E-state index in [0.717, 1.165) is 17.2 Å². The molecule has 1 aromatic heterocycles. The number of halogens is 1. The molecule has 0 unspecified atom stereocenters. The molecule has 0 atom stereocenters. The summed E-state index contributed by atoms with van der Waals surface area (Å²) in [5, 5.41) is 4.08. The van der Waals surface area contributed by atoms with Crippen molar-refractivity contribution in [3.8, 4) is 5.75 Å². The highest BCUT2D eigenvalue weighted by atomic mass is 35.5. The predicted molar refractivity (Wildman–Crippen MR) is 94.0 cm³/mol. The summed E-state index contributed by atoms with van der Waals surface area (Å²) in [5.41, 5.74) is 1.87. The van der Waals surface area contributed by atoms with E-state index < -0.39 is 0 Å². The Hall–Kier alpha value is -2.79. The van der Waals surface area contributed by atoms with Crippen LogP contribution in [0.4, 0.5) is 5.69 Å². The average molecular weight is 343 g/mol. The van der Waals surface area contributed by atoms with Crippen LogP contribution in [0.15, 0.2) is 48.7 Å². The predicted octanol–water partition coefficient (Wildman–Crippen LogP) is 3.75. The van der Waals surface area contributed by atoms with Gasteiger partial charge in [-0.3, -0.25) is 9.59 Å². The molecule has 122 valence electrons. The lowest BCUT2D eigenvalue weighted by molar-refractivity contribution is -0.116. The summed E-state index contributed by atoms with van der Waals surface area (Å²) in [6.07, 6.45) is 2.41. The first-order valence-electron chi connectivity index (χ1n) is 7.29. The van der Waals surface area contributed by atoms with Crippen LogP contribution >= 0.6 is 11.6 Å². The summed E-state index contributed by atoms with van der Waals surface area (Å²) in [7, 11) is 1.55. The fourth-order valence-electron chi connectivity index (χ4n) is 2.61. The summed E-state index contributed by atoms with van der Waals surface area (Å²) in [5.74, 6) is 0.368. The number of nitrogens with zero attached hydrogens (tertiary/aromatic N) is 1. The van der Waals surface area contributed by atoms with Crippen molar-refractivity contribution in [3.05, 3.63) is 59.2 Å². The smallest absolute Gasteiger partial charge is 0.244 e. The number of carbonyl (C=O) groups excluding carboxylic acids is 2. The maximum absolute atomic E-state index is 12.4. The van der Waals surface area contributed by atoms with Crippen molar-refractivity contribution in [2.75, 3.05) is 12.4 Å². The molecule has 5 nitrogen and oxygen atoms in total. The van der Waals surface area contributed by atoms with Crippen LogP contribution in [0.1, 0.15) is 10.4 Å². The number of aromatic nitrogens is 1. The van der Waals surface area contributed by atoms with Crippen LogP contribution in [0, 0.1) is 0 Å². The minimum absolute atomic E-state index is 0.0734. The molecule has 2 aromatic carbocycles. The molecule has 0 saturated carbocycles. The molecule has 0 spiro atoms. The lowest BCUT2D eigenvalue weighted by Crippen LogP contribution is -2.18. The van der Waals surface area contributed by atoms with Gasteiger partial charge in [0.25, 0.3) is 0 Å². The molecule has 0 saturated heterocycles. The van der Waals surface area contributed by atoms with E-state index in [1.807, 2.05) is 12.1 Å². The van der Waals surface area contributed by atoms with Crippen LogP contribution in [0.5, 0.6) is 5.75 Å². The Morgan fingerprint density at radius 2 is 2.08 bits per heavy atom. The second-order valence-electron chi connectivity index (χ2n) is 5.24. The van der Waals surface area contributed by atoms with E-state index in [-0.39, 0.29) is 12.5 Å². The number of benzene rings is 2. The number of rotatable bonds is 5. The largest absolute Gasteiger partial charge is 0.495 e. The molecule has 3 rings (SSSR count). The molecule has 1 N–H and O–H groups in total. The quantitative estimate of drug-likeness (QED) is 0.718. The molecule has 24 heavy (non-hydrogen) atoms. The van der Waals surface area contributed by atoms with Crippen LogP contribution < -0.4 is 10.1 Å². The van der Waals surface area contributed by atoms with Crippen molar-refractivity contribution in [2.45, 2.75) is 6.54 Å². The molecule has 6 heteroatoms. The summed E-state index contributed by atoms with van der Waals surface area (Å²) < 4.78 is 6.94. The first-order valence-corrected chi connectivity index (χ1v) is 7.66. The standard InChI is InChI=1S/C18H15ClN2O3/c1-24-17-5-3-2-4-15(17)20-18(23)10-21-9-12(11-22)14-8-13(19)6-7-16(14)21/h2-9,11H,10H2,1H3,(H,20,23). The first-order chi connectivity index (χ1) is 11.6. The molecule has 1 heterocycles. The van der Waals surface area contributed by atoms with Crippen molar-refractivity contribution in [3.63, 3.8) is 0 Å². The third kappa shape index (κ3) is 3.12. The van der Waals surface area contributed by atoms with Crippen LogP contribution in [0.25, 0.3) is 10.9 Å². The van der Waals surface area contributed by atoms with Gasteiger partial charge in [0.15, 0.2) is 6.29 Å². The molecular formula is C18H15ClN2O3. The number of carbonyl (C=O) groups is 2. The molecule has 0 aliphatic rings. The summed E-state index contributed by atoms with van der Waals surface area (Å²) in [6.45, 7) is 0.0734. The van der Waals surface area contributed by atoms with Gasteiger partial charge in [0.05, 0.1) is 12.8 Å². The number of hydrogen-bond acceptors (Lipinski definition) is 3. The van der Waals surface area contributed by atoms with Gasteiger partial charge in [-0.1, -0.05) is 23.7 Å². The number of aldehydes is 1. The zero-order valence-corrected chi connectivity index (χ0v) is 13.7. The zero-order chi connectivity index (χ0) is 17.1. The number of hydrogen-bond donors (Lipinski definition) is 1. The van der Waals surface area contributed by atoms with Crippen molar-refractivity contribution < 1.29 is 14.3 Å². The van der Waals surface area contributed by atoms with Gasteiger partial charge in [0.1, 0.15) is 12.3 Å². The van der Waals surface area contributed by atoms with Gasteiger partial charge < -0.3 is 14.6 Å². The monoisotopic (exact) mass is 342 g/mol. The molecule has 0 aliphatic heterocycles. The van der Waals surface area contributed by atoms with Crippen molar-refractivity contribution in [1.82, 2.24) is 4.57 Å². The van der Waals surface area contributed by atoms with Gasteiger partial charge in [0.2, 0.25) is 5.91 Å². The molecule has 0 radical (unpaired) electrons. The van der Waals surface area contributed by atoms with Crippen LogP contribution in [0.2, 0.25) is 5.02 Å². The van der Waals surface area contributed by atoms with Crippen LogP contribution in [0.3, 0.4) is 0 Å². The Morgan fingerprint density at radius 1 is 1.29 bits per heavy atom. The highest BCUT2D eigenvalue weighted by Crippen LogP contribution is 2.25. The fourth-order valence-corrected chi connectivity index (χ4v) is 2.79. The third-order valence-corrected chi connectivity index (χ3v) is 3.93. The molecule has 0 fully saturated rings. The normalized spacial score (nSPS) is 10.6. The van der Waals surface area contributed by atoms with Gasteiger partial charge in [-0.05, 0) is 30.3 Å². The van der Waals surface area contributed by atoms with E-state index in [2.05, 4.69) is 5.32 Å². The topological polar surface area (TPSA) is 60.3 Å². The van der Waals surface area contributed by atoms with Gasteiger partial charge in [-0.15, -0.1) is 0 Å². The second kappa shape index (κ2) is 6.76. The zero-order valence-electron chi connectivity index (χ0n) is 13.0. The average Bonchev–Trinajstić information content (AvgIpc) is 2.92. The minimum atomic E-state index is -0.219. The minimum Gasteiger partial charge on any atom is -0.495 e. The second-order valence-corrected chi connectivity index (χ2v) is 5.68. The lowest BCUT2D eigenvalue weighted by atomic mass is 10.2. The number of anilines is 1. The van der Waals surface area contributed by atoms with Gasteiger partial charge in [-0.2, -0.15) is 0 Å². The molecule has 3 aromatic rings. The van der Waals surface area contributed by atoms with E-state index in [0.29, 0.717) is 22.0 Å². The Bertz CT molecular complexity index is 918. The van der Waals surface area contributed by atoms with E-state index in [1.165, 1.54) is 0 Å². The Kier molecular flexibility index (Phi) is 4.53. The van der Waals surface area contributed by atoms with E-state index >= 15 is 0 Å². The van der Waals surface area contributed by atoms with Gasteiger partial charge >= 0.3 is 0 Å². The van der Waals surface area contributed by atoms with Crippen LogP contribution in [-0.4, -0.2) is 23.9 Å². The third-order valence-electron chi connectivity index (χ3n) is 3.70. The SMILES string of the molecule is COc1ccccc1NC(=O)Cn1cc(C=O)c2cc(Cl)ccc21. The summed E-state index contributed by atoms with van der Waals surface area (Å²) >= 11 is 5.98. The fraction of sp³-hybridized carbons (Fsp3) is 0.111. The summed E-state index contributed by atoms with van der Waals surface area (Å²) in [6, 6.07) is 12.4. The lowest BCUT2D eigenvalue weighted by Gasteiger charge is -2.10. The maximum atomic E-state index is 12.4. The summed E-state index contributed by atoms with van der Waals surface area (Å²) in [4.78, 5) is 23.6. The Labute approximate surface area is 143 Å². The molecule has 1 amide bonds. The highest BCUT2D eigenvalue weighted by molar-refractivity contribution is 6.31. The Morgan fingerprint density at radius 3 is 2.83 bits per heavy atom. The van der Waals surface area contributed by atoms with Gasteiger partial charge in [0, 0.05) is 27.7 Å². The van der Waals surface area contributed by atoms with Crippen molar-refractivity contribution in [2.24, 2.45) is 0 Å². The van der Waals surface area contributed by atoms with Crippen LogP contribution in [-0.2, 0) is 11.3 Å². The van der Waals surface area contributed by atoms with E-state index in [4.69, 9.17) is 16.3 Å². The van der Waals surface area contributed by atoms with Crippen molar-refractivity contribution >= 4 is 40.4 Å². The molecule has 0 bridgehead atoms. The number of methoxy groups -OCH3 is 1. The highest BCUT2D eigenvalue weighted by Gasteiger charge is 2.12. The number of fused-ring (bicyclic) bond motifs is 1. The van der Waals surface area contributed by atoms with E-state index in [9.17, 15) is 9.59 Å².